The summed E-state index contributed by atoms with van der Waals surface area (Å²) < 4.78 is 13.9. The molecule has 96 valence electrons. The molecule has 0 saturated heterocycles. The first-order valence-electron chi connectivity index (χ1n) is 5.82. The van der Waals surface area contributed by atoms with E-state index in [1.807, 2.05) is 6.07 Å². The molecule has 0 aliphatic carbocycles. The van der Waals surface area contributed by atoms with Gasteiger partial charge in [0.1, 0.15) is 5.82 Å². The van der Waals surface area contributed by atoms with Crippen molar-refractivity contribution in [3.8, 4) is 0 Å². The zero-order valence-electron chi connectivity index (χ0n) is 10.2. The normalized spacial score (nSPS) is 13.1. The second kappa shape index (κ2) is 7.09. The van der Waals surface area contributed by atoms with Gasteiger partial charge in [0.05, 0.1) is 0 Å². The van der Waals surface area contributed by atoms with Crippen LogP contribution < -0.4 is 5.32 Å². The van der Waals surface area contributed by atoms with Crippen molar-refractivity contribution in [2.24, 2.45) is 5.92 Å². The highest BCUT2D eigenvalue weighted by atomic mass is 79.9. The van der Waals surface area contributed by atoms with E-state index in [9.17, 15) is 4.39 Å². The van der Waals surface area contributed by atoms with E-state index >= 15 is 0 Å². The summed E-state index contributed by atoms with van der Waals surface area (Å²) in [6.45, 7) is 4.99. The first-order valence-corrected chi connectivity index (χ1v) is 6.61. The lowest BCUT2D eigenvalue weighted by atomic mass is 10.0. The van der Waals surface area contributed by atoms with E-state index in [4.69, 9.17) is 5.11 Å². The molecule has 0 radical (unpaired) electrons. The van der Waals surface area contributed by atoms with Gasteiger partial charge >= 0.3 is 0 Å². The number of aliphatic hydroxyl groups is 1. The van der Waals surface area contributed by atoms with Gasteiger partial charge in [0.2, 0.25) is 0 Å². The maximum absolute atomic E-state index is 13.2. The van der Waals surface area contributed by atoms with Gasteiger partial charge in [-0.1, -0.05) is 29.8 Å². The number of hydrogen-bond donors (Lipinski definition) is 2. The first kappa shape index (κ1) is 14.6. The first-order chi connectivity index (χ1) is 8.02. The fourth-order valence-electron chi connectivity index (χ4n) is 1.77. The van der Waals surface area contributed by atoms with E-state index in [1.54, 1.807) is 0 Å². The largest absolute Gasteiger partial charge is 0.396 e. The summed E-state index contributed by atoms with van der Waals surface area (Å²) >= 11 is 3.27. The number of rotatable bonds is 6. The van der Waals surface area contributed by atoms with Crippen LogP contribution in [0.4, 0.5) is 4.39 Å². The lowest BCUT2D eigenvalue weighted by Gasteiger charge is -2.21. The molecule has 0 saturated carbocycles. The monoisotopic (exact) mass is 303 g/mol. The summed E-state index contributed by atoms with van der Waals surface area (Å²) in [5, 5.41) is 12.3. The molecule has 2 nitrogen and oxygen atoms in total. The van der Waals surface area contributed by atoms with Gasteiger partial charge in [-0.2, -0.15) is 0 Å². The topological polar surface area (TPSA) is 32.3 Å². The van der Waals surface area contributed by atoms with Gasteiger partial charge in [-0.25, -0.2) is 4.39 Å². The number of nitrogens with one attached hydrogen (secondary N) is 1. The standard InChI is InChI=1S/C13H19BrFNO/c1-9(2)13(3-4-17)16-8-10-5-11(14)7-12(15)6-10/h5-7,9,13,16-17H,3-4,8H2,1-2H3. The Morgan fingerprint density at radius 3 is 2.59 bits per heavy atom. The molecule has 0 aromatic heterocycles. The Bertz CT molecular complexity index is 337. The molecule has 0 heterocycles. The van der Waals surface area contributed by atoms with Crippen LogP contribution in [-0.4, -0.2) is 17.8 Å². The van der Waals surface area contributed by atoms with Gasteiger partial charge in [-0.3, -0.25) is 0 Å². The molecule has 0 aliphatic rings. The summed E-state index contributed by atoms with van der Waals surface area (Å²) in [5.74, 6) is 0.207. The number of aliphatic hydroxyl groups excluding tert-OH is 1. The van der Waals surface area contributed by atoms with Crippen LogP contribution in [0.15, 0.2) is 22.7 Å². The van der Waals surface area contributed by atoms with Crippen LogP contribution in [0, 0.1) is 11.7 Å². The SMILES string of the molecule is CC(C)C(CCO)NCc1cc(F)cc(Br)c1. The second-order valence-corrected chi connectivity index (χ2v) is 5.44. The van der Waals surface area contributed by atoms with Gasteiger partial charge in [0.25, 0.3) is 0 Å². The molecule has 4 heteroatoms. The zero-order valence-corrected chi connectivity index (χ0v) is 11.8. The number of benzene rings is 1. The summed E-state index contributed by atoms with van der Waals surface area (Å²) in [6.07, 6.45) is 0.716. The molecule has 0 spiro atoms. The average molecular weight is 304 g/mol. The summed E-state index contributed by atoms with van der Waals surface area (Å²) in [7, 11) is 0. The predicted octanol–water partition coefficient (Wildman–Crippen LogP) is 3.08. The molecule has 0 fully saturated rings. The van der Waals surface area contributed by atoms with Crippen molar-refractivity contribution in [3.63, 3.8) is 0 Å². The third-order valence-electron chi connectivity index (χ3n) is 2.74. The fourth-order valence-corrected chi connectivity index (χ4v) is 2.28. The lowest BCUT2D eigenvalue weighted by Crippen LogP contribution is -2.34. The Labute approximate surface area is 110 Å². The summed E-state index contributed by atoms with van der Waals surface area (Å²) in [4.78, 5) is 0. The van der Waals surface area contributed by atoms with Crippen molar-refractivity contribution in [2.45, 2.75) is 32.9 Å². The van der Waals surface area contributed by atoms with Crippen molar-refractivity contribution < 1.29 is 9.50 Å². The molecule has 0 aliphatic heterocycles. The number of halogens is 2. The van der Waals surface area contributed by atoms with Gasteiger partial charge < -0.3 is 10.4 Å². The number of hydrogen-bond acceptors (Lipinski definition) is 2. The highest BCUT2D eigenvalue weighted by molar-refractivity contribution is 9.10. The van der Waals surface area contributed by atoms with Crippen LogP contribution in [0.2, 0.25) is 0 Å². The van der Waals surface area contributed by atoms with Crippen LogP contribution in [0.25, 0.3) is 0 Å². The zero-order chi connectivity index (χ0) is 12.8. The molecule has 1 unspecified atom stereocenters. The van der Waals surface area contributed by atoms with E-state index in [-0.39, 0.29) is 18.5 Å². The smallest absolute Gasteiger partial charge is 0.124 e. The Kier molecular flexibility index (Phi) is 6.09. The van der Waals surface area contributed by atoms with Crippen molar-refractivity contribution in [1.82, 2.24) is 5.32 Å². The Balaban J connectivity index is 2.58. The van der Waals surface area contributed by atoms with Crippen molar-refractivity contribution in [3.05, 3.63) is 34.1 Å². The quantitative estimate of drug-likeness (QED) is 0.846. The van der Waals surface area contributed by atoms with Crippen LogP contribution in [0.3, 0.4) is 0 Å². The van der Waals surface area contributed by atoms with Gasteiger partial charge in [0, 0.05) is 23.7 Å². The third kappa shape index (κ3) is 5.15. The molecule has 0 bridgehead atoms. The molecule has 1 atom stereocenters. The Morgan fingerprint density at radius 1 is 1.35 bits per heavy atom. The van der Waals surface area contributed by atoms with Gasteiger partial charge in [-0.15, -0.1) is 0 Å². The fraction of sp³-hybridized carbons (Fsp3) is 0.538. The Hall–Kier alpha value is -0.450. The molecule has 17 heavy (non-hydrogen) atoms. The second-order valence-electron chi connectivity index (χ2n) is 4.52. The van der Waals surface area contributed by atoms with E-state index < -0.39 is 0 Å². The van der Waals surface area contributed by atoms with Crippen LogP contribution in [0.1, 0.15) is 25.8 Å². The van der Waals surface area contributed by atoms with E-state index in [0.29, 0.717) is 18.9 Å². The molecule has 0 amide bonds. The molecule has 1 aromatic carbocycles. The lowest BCUT2D eigenvalue weighted by molar-refractivity contribution is 0.244. The third-order valence-corrected chi connectivity index (χ3v) is 3.19. The molecular formula is C13H19BrFNO. The highest BCUT2D eigenvalue weighted by Gasteiger charge is 2.12. The van der Waals surface area contributed by atoms with E-state index in [2.05, 4.69) is 35.1 Å². The maximum atomic E-state index is 13.2. The van der Waals surface area contributed by atoms with Crippen LogP contribution >= 0.6 is 15.9 Å². The summed E-state index contributed by atoms with van der Waals surface area (Å²) in [6, 6.07) is 5.11. The molecule has 1 rings (SSSR count). The highest BCUT2D eigenvalue weighted by Crippen LogP contribution is 2.15. The van der Waals surface area contributed by atoms with Crippen LogP contribution in [-0.2, 0) is 6.54 Å². The molecular weight excluding hydrogens is 285 g/mol. The molecule has 1 aromatic rings. The average Bonchev–Trinajstić information content (AvgIpc) is 2.22. The Morgan fingerprint density at radius 2 is 2.06 bits per heavy atom. The van der Waals surface area contributed by atoms with Gasteiger partial charge in [0.15, 0.2) is 0 Å². The van der Waals surface area contributed by atoms with Gasteiger partial charge in [-0.05, 0) is 36.1 Å². The minimum absolute atomic E-state index is 0.169. The summed E-state index contributed by atoms with van der Waals surface area (Å²) in [5.41, 5.74) is 0.903. The van der Waals surface area contributed by atoms with Crippen molar-refractivity contribution in [1.29, 1.82) is 0 Å². The van der Waals surface area contributed by atoms with Crippen molar-refractivity contribution in [2.75, 3.05) is 6.61 Å². The minimum atomic E-state index is -0.237. The minimum Gasteiger partial charge on any atom is -0.396 e. The van der Waals surface area contributed by atoms with E-state index in [1.165, 1.54) is 12.1 Å². The predicted molar refractivity (Wildman–Crippen MR) is 71.3 cm³/mol. The van der Waals surface area contributed by atoms with Crippen molar-refractivity contribution >= 4 is 15.9 Å². The molecule has 2 N–H and O–H groups in total. The van der Waals surface area contributed by atoms with E-state index in [0.717, 1.165) is 10.0 Å². The van der Waals surface area contributed by atoms with Crippen LogP contribution in [0.5, 0.6) is 0 Å². The maximum Gasteiger partial charge on any atom is 0.124 e.